The van der Waals surface area contributed by atoms with Gasteiger partial charge in [0.2, 0.25) is 5.91 Å². The van der Waals surface area contributed by atoms with Crippen LogP contribution in [-0.2, 0) is 9.53 Å². The predicted octanol–water partition coefficient (Wildman–Crippen LogP) is 1.69. The van der Waals surface area contributed by atoms with Crippen molar-refractivity contribution in [2.75, 3.05) is 19.8 Å². The van der Waals surface area contributed by atoms with Crippen LogP contribution in [0.3, 0.4) is 0 Å². The van der Waals surface area contributed by atoms with Gasteiger partial charge >= 0.3 is 12.3 Å². The van der Waals surface area contributed by atoms with Gasteiger partial charge in [-0.1, -0.05) is 0 Å². The van der Waals surface area contributed by atoms with E-state index in [0.717, 1.165) is 6.42 Å². The molecule has 1 atom stereocenters. The molecule has 1 aliphatic heterocycles. The molecule has 2 heterocycles. The molecule has 1 aromatic rings. The number of carbonyl (C=O) groups is 1. The molecule has 1 aliphatic rings. The minimum absolute atomic E-state index is 0.350. The fourth-order valence-electron chi connectivity index (χ4n) is 2.26. The number of likely N-dealkylation sites (tertiary alicyclic amines) is 1. The number of hydrogen-bond donors (Lipinski definition) is 1. The summed E-state index contributed by atoms with van der Waals surface area (Å²) in [6, 6.07) is -0.350. The second-order valence-corrected chi connectivity index (χ2v) is 5.08. The SMILES string of the molecule is Cc1nc([C@H]2CCCN2C(=O)COCC(F)(F)C(F)F)n[nH]1. The number of carbonyl (C=O) groups excluding carboxylic acids is 1. The third kappa shape index (κ3) is 3.73. The number of halogens is 4. The van der Waals surface area contributed by atoms with Gasteiger partial charge in [0.05, 0.1) is 6.04 Å². The van der Waals surface area contributed by atoms with Crippen LogP contribution in [0.4, 0.5) is 17.6 Å². The lowest BCUT2D eigenvalue weighted by Crippen LogP contribution is -2.37. The molecule has 0 unspecified atom stereocenters. The molecule has 1 saturated heterocycles. The molecular weight excluding hydrogens is 308 g/mol. The molecule has 1 fully saturated rings. The van der Waals surface area contributed by atoms with E-state index >= 15 is 0 Å². The van der Waals surface area contributed by atoms with Crippen LogP contribution in [0.15, 0.2) is 0 Å². The lowest BCUT2D eigenvalue weighted by molar-refractivity contribution is -0.171. The zero-order chi connectivity index (χ0) is 16.3. The van der Waals surface area contributed by atoms with E-state index in [0.29, 0.717) is 24.6 Å². The van der Waals surface area contributed by atoms with E-state index in [1.54, 1.807) is 6.92 Å². The number of nitrogens with zero attached hydrogens (tertiary/aromatic N) is 3. The van der Waals surface area contributed by atoms with Gasteiger partial charge in [-0.05, 0) is 19.8 Å². The maximum atomic E-state index is 12.7. The van der Waals surface area contributed by atoms with Crippen molar-refractivity contribution < 1.29 is 27.1 Å². The quantitative estimate of drug-likeness (QED) is 0.809. The summed E-state index contributed by atoms with van der Waals surface area (Å²) in [7, 11) is 0. The number of nitrogens with one attached hydrogen (secondary N) is 1. The Morgan fingerprint density at radius 2 is 2.27 bits per heavy atom. The number of alkyl halides is 4. The summed E-state index contributed by atoms with van der Waals surface area (Å²) in [6.07, 6.45) is -2.45. The standard InChI is InChI=1S/C12H16F4N4O2/c1-7-17-10(19-18-7)8-3-2-4-20(8)9(21)5-22-6-12(15,16)11(13)14/h8,11H,2-6H2,1H3,(H,17,18,19)/t8-/m1/s1. The zero-order valence-electron chi connectivity index (χ0n) is 11.9. The minimum atomic E-state index is -4.26. The highest BCUT2D eigenvalue weighted by Gasteiger charge is 2.41. The Bertz CT molecular complexity index is 523. The van der Waals surface area contributed by atoms with Crippen molar-refractivity contribution in [1.82, 2.24) is 20.1 Å². The lowest BCUT2D eigenvalue weighted by atomic mass is 10.2. The van der Waals surface area contributed by atoms with Crippen molar-refractivity contribution in [2.45, 2.75) is 38.2 Å². The molecule has 2 rings (SSSR count). The first kappa shape index (κ1) is 16.7. The van der Waals surface area contributed by atoms with Crippen LogP contribution in [0, 0.1) is 6.92 Å². The van der Waals surface area contributed by atoms with Crippen molar-refractivity contribution in [3.8, 4) is 0 Å². The van der Waals surface area contributed by atoms with Crippen LogP contribution in [0.5, 0.6) is 0 Å². The van der Waals surface area contributed by atoms with E-state index in [2.05, 4.69) is 19.9 Å². The van der Waals surface area contributed by atoms with Crippen LogP contribution >= 0.6 is 0 Å². The van der Waals surface area contributed by atoms with Crippen LogP contribution < -0.4 is 0 Å². The molecule has 0 bridgehead atoms. The van der Waals surface area contributed by atoms with E-state index in [1.807, 2.05) is 0 Å². The molecule has 0 aromatic carbocycles. The summed E-state index contributed by atoms with van der Waals surface area (Å²) in [4.78, 5) is 17.6. The Balaban J connectivity index is 1.89. The molecule has 0 saturated carbocycles. The first-order valence-corrected chi connectivity index (χ1v) is 6.73. The summed E-state index contributed by atoms with van der Waals surface area (Å²) in [6.45, 7) is -0.0320. The largest absolute Gasteiger partial charge is 0.365 e. The molecule has 10 heteroatoms. The summed E-state index contributed by atoms with van der Waals surface area (Å²) >= 11 is 0. The van der Waals surface area contributed by atoms with Gasteiger partial charge in [-0.25, -0.2) is 13.8 Å². The number of aromatic amines is 1. The van der Waals surface area contributed by atoms with Gasteiger partial charge in [-0.3, -0.25) is 9.89 Å². The Labute approximate surface area is 123 Å². The minimum Gasteiger partial charge on any atom is -0.365 e. The van der Waals surface area contributed by atoms with Crippen molar-refractivity contribution in [3.05, 3.63) is 11.6 Å². The van der Waals surface area contributed by atoms with Crippen LogP contribution in [0.1, 0.15) is 30.5 Å². The summed E-state index contributed by atoms with van der Waals surface area (Å²) in [5.41, 5.74) is 0. The van der Waals surface area contributed by atoms with E-state index < -0.39 is 31.5 Å². The van der Waals surface area contributed by atoms with Crippen LogP contribution in [-0.4, -0.2) is 58.1 Å². The summed E-state index contributed by atoms with van der Waals surface area (Å²) in [5, 5.41) is 6.65. The monoisotopic (exact) mass is 324 g/mol. The normalized spacial score (nSPS) is 19.2. The molecule has 6 nitrogen and oxygen atoms in total. The molecule has 22 heavy (non-hydrogen) atoms. The van der Waals surface area contributed by atoms with E-state index in [1.165, 1.54) is 4.90 Å². The molecule has 1 aromatic heterocycles. The molecule has 1 amide bonds. The molecular formula is C12H16F4N4O2. The Hall–Kier alpha value is -1.71. The number of ether oxygens (including phenoxy) is 1. The predicted molar refractivity (Wildman–Crippen MR) is 66.6 cm³/mol. The Kier molecular flexibility index (Phi) is 4.99. The van der Waals surface area contributed by atoms with Crippen molar-refractivity contribution >= 4 is 5.91 Å². The second-order valence-electron chi connectivity index (χ2n) is 5.08. The van der Waals surface area contributed by atoms with E-state index in [-0.39, 0.29) is 6.04 Å². The molecule has 0 radical (unpaired) electrons. The van der Waals surface area contributed by atoms with Crippen molar-refractivity contribution in [1.29, 1.82) is 0 Å². The number of aromatic nitrogens is 3. The maximum absolute atomic E-state index is 12.7. The maximum Gasteiger partial charge on any atom is 0.330 e. The first-order chi connectivity index (χ1) is 10.3. The fraction of sp³-hybridized carbons (Fsp3) is 0.750. The van der Waals surface area contributed by atoms with Gasteiger partial charge in [0, 0.05) is 6.54 Å². The van der Waals surface area contributed by atoms with Crippen LogP contribution in [0.2, 0.25) is 0 Å². The summed E-state index contributed by atoms with van der Waals surface area (Å²) < 4.78 is 53.8. The second kappa shape index (κ2) is 6.59. The molecule has 0 aliphatic carbocycles. The Morgan fingerprint density at radius 1 is 1.55 bits per heavy atom. The van der Waals surface area contributed by atoms with E-state index in [9.17, 15) is 22.4 Å². The van der Waals surface area contributed by atoms with Gasteiger partial charge in [-0.15, -0.1) is 0 Å². The van der Waals surface area contributed by atoms with Crippen LogP contribution in [0.25, 0.3) is 0 Å². The topological polar surface area (TPSA) is 71.1 Å². The van der Waals surface area contributed by atoms with Gasteiger partial charge in [0.15, 0.2) is 5.82 Å². The molecule has 1 N–H and O–H groups in total. The third-order valence-electron chi connectivity index (χ3n) is 3.33. The molecule has 124 valence electrons. The Morgan fingerprint density at radius 3 is 2.86 bits per heavy atom. The van der Waals surface area contributed by atoms with Gasteiger partial charge in [0.25, 0.3) is 0 Å². The van der Waals surface area contributed by atoms with Gasteiger partial charge < -0.3 is 9.64 Å². The highest BCUT2D eigenvalue weighted by molar-refractivity contribution is 5.78. The highest BCUT2D eigenvalue weighted by atomic mass is 19.3. The average molecular weight is 324 g/mol. The number of amides is 1. The number of aryl methyl sites for hydroxylation is 1. The zero-order valence-corrected chi connectivity index (χ0v) is 11.9. The van der Waals surface area contributed by atoms with Gasteiger partial charge in [0.1, 0.15) is 19.0 Å². The van der Waals surface area contributed by atoms with E-state index in [4.69, 9.17) is 0 Å². The van der Waals surface area contributed by atoms with Crippen molar-refractivity contribution in [3.63, 3.8) is 0 Å². The first-order valence-electron chi connectivity index (χ1n) is 6.73. The molecule has 0 spiro atoms. The van der Waals surface area contributed by atoms with Gasteiger partial charge in [-0.2, -0.15) is 13.9 Å². The smallest absolute Gasteiger partial charge is 0.330 e. The summed E-state index contributed by atoms with van der Waals surface area (Å²) in [5.74, 6) is -3.76. The number of H-pyrrole nitrogens is 1. The number of hydrogen-bond acceptors (Lipinski definition) is 4. The fourth-order valence-corrected chi connectivity index (χ4v) is 2.26. The van der Waals surface area contributed by atoms with Crippen molar-refractivity contribution in [2.24, 2.45) is 0 Å². The highest BCUT2D eigenvalue weighted by Crippen LogP contribution is 2.30. The lowest BCUT2D eigenvalue weighted by Gasteiger charge is -2.23. The third-order valence-corrected chi connectivity index (χ3v) is 3.33. The number of rotatable bonds is 6. The average Bonchev–Trinajstić information content (AvgIpc) is 3.06.